The Kier molecular flexibility index (Phi) is 8.83. The second-order valence-corrected chi connectivity index (χ2v) is 8.07. The molecule has 0 spiro atoms. The van der Waals surface area contributed by atoms with Crippen LogP contribution in [0.4, 0.5) is 5.13 Å². The zero-order valence-electron chi connectivity index (χ0n) is 19.0. The summed E-state index contributed by atoms with van der Waals surface area (Å²) in [4.78, 5) is 16.5. The number of thiazole rings is 1. The summed E-state index contributed by atoms with van der Waals surface area (Å²) in [5, 5.41) is 14.3. The normalized spacial score (nSPS) is 10.8. The summed E-state index contributed by atoms with van der Waals surface area (Å²) in [6.07, 6.45) is 5.34. The number of nitriles is 1. The highest BCUT2D eigenvalue weighted by atomic mass is 32.1. The molecule has 0 aliphatic rings. The number of anilines is 1. The number of carbonyl (C=O) groups is 1. The molecular formula is C26H25N3O4S. The lowest BCUT2D eigenvalue weighted by molar-refractivity contribution is -0.112. The fourth-order valence-corrected chi connectivity index (χ4v) is 3.62. The van der Waals surface area contributed by atoms with Gasteiger partial charge in [-0.15, -0.1) is 17.9 Å². The summed E-state index contributed by atoms with van der Waals surface area (Å²) in [5.74, 6) is 1.29. The predicted octanol–water partition coefficient (Wildman–Crippen LogP) is 5.19. The lowest BCUT2D eigenvalue weighted by Crippen LogP contribution is -2.13. The van der Waals surface area contributed by atoms with E-state index in [1.54, 1.807) is 23.7 Å². The van der Waals surface area contributed by atoms with E-state index in [1.807, 2.05) is 43.3 Å². The average Bonchev–Trinajstić information content (AvgIpc) is 3.35. The van der Waals surface area contributed by atoms with E-state index >= 15 is 0 Å². The van der Waals surface area contributed by atoms with Gasteiger partial charge in [-0.2, -0.15) is 5.26 Å². The molecule has 7 nitrogen and oxygen atoms in total. The third-order valence-electron chi connectivity index (χ3n) is 4.69. The van der Waals surface area contributed by atoms with E-state index in [0.29, 0.717) is 41.8 Å². The first kappa shape index (κ1) is 24.6. The first-order valence-corrected chi connectivity index (χ1v) is 11.4. The van der Waals surface area contributed by atoms with Gasteiger partial charge < -0.3 is 14.2 Å². The van der Waals surface area contributed by atoms with Gasteiger partial charge in [-0.1, -0.05) is 23.8 Å². The molecule has 34 heavy (non-hydrogen) atoms. The molecule has 174 valence electrons. The average molecular weight is 476 g/mol. The van der Waals surface area contributed by atoms with Gasteiger partial charge in [0.25, 0.3) is 5.91 Å². The van der Waals surface area contributed by atoms with Gasteiger partial charge in [0.15, 0.2) is 16.6 Å². The number of benzene rings is 2. The Morgan fingerprint density at radius 1 is 1.24 bits per heavy atom. The fraction of sp³-hybridized carbons (Fsp3) is 0.192. The Morgan fingerprint density at radius 2 is 2.00 bits per heavy atom. The molecule has 0 radical (unpaired) electrons. The molecular weight excluding hydrogens is 450 g/mol. The van der Waals surface area contributed by atoms with Gasteiger partial charge in [-0.05, 0) is 49.2 Å². The zero-order valence-corrected chi connectivity index (χ0v) is 19.9. The van der Waals surface area contributed by atoms with Crippen molar-refractivity contribution in [2.24, 2.45) is 0 Å². The van der Waals surface area contributed by atoms with Crippen molar-refractivity contribution in [3.8, 4) is 23.3 Å². The minimum absolute atomic E-state index is 0.0537. The Bertz CT molecular complexity index is 1200. The molecule has 0 aliphatic carbocycles. The monoisotopic (exact) mass is 475 g/mol. The van der Waals surface area contributed by atoms with E-state index in [2.05, 4.69) is 16.9 Å². The van der Waals surface area contributed by atoms with E-state index in [4.69, 9.17) is 14.2 Å². The van der Waals surface area contributed by atoms with Gasteiger partial charge in [0.2, 0.25) is 0 Å². The molecule has 0 bridgehead atoms. The number of aryl methyl sites for hydroxylation is 1. The maximum atomic E-state index is 12.5. The highest BCUT2D eigenvalue weighted by Crippen LogP contribution is 2.34. The third kappa shape index (κ3) is 6.70. The summed E-state index contributed by atoms with van der Waals surface area (Å²) in [5.41, 5.74) is 2.55. The van der Waals surface area contributed by atoms with Crippen molar-refractivity contribution in [2.75, 3.05) is 25.6 Å². The number of ether oxygens (including phenoxy) is 3. The number of allylic oxidation sites excluding steroid dienone is 1. The molecule has 2 aromatic carbocycles. The summed E-state index contributed by atoms with van der Waals surface area (Å²) in [6.45, 7) is 6.50. The van der Waals surface area contributed by atoms with Crippen molar-refractivity contribution in [1.82, 2.24) is 4.98 Å². The van der Waals surface area contributed by atoms with Crippen molar-refractivity contribution in [1.29, 1.82) is 5.26 Å². The number of methoxy groups -OCH3 is 1. The van der Waals surface area contributed by atoms with Gasteiger partial charge in [0.05, 0.1) is 7.11 Å². The highest BCUT2D eigenvalue weighted by Gasteiger charge is 2.15. The maximum absolute atomic E-state index is 12.5. The first-order valence-electron chi connectivity index (χ1n) is 10.5. The van der Waals surface area contributed by atoms with Crippen LogP contribution >= 0.6 is 11.3 Å². The molecule has 3 rings (SSSR count). The quantitative estimate of drug-likeness (QED) is 0.177. The molecule has 3 aromatic rings. The van der Waals surface area contributed by atoms with Crippen LogP contribution in [0.1, 0.15) is 16.7 Å². The van der Waals surface area contributed by atoms with Gasteiger partial charge in [-0.25, -0.2) is 4.98 Å². The zero-order chi connectivity index (χ0) is 24.3. The van der Waals surface area contributed by atoms with Crippen molar-refractivity contribution in [3.63, 3.8) is 0 Å². The molecule has 0 atom stereocenters. The van der Waals surface area contributed by atoms with Crippen LogP contribution in [0.25, 0.3) is 6.08 Å². The topological polar surface area (TPSA) is 93.5 Å². The number of nitrogens with one attached hydrogen (secondary N) is 1. The van der Waals surface area contributed by atoms with Gasteiger partial charge >= 0.3 is 0 Å². The van der Waals surface area contributed by atoms with E-state index in [-0.39, 0.29) is 5.57 Å². The standard InChI is InChI=1S/C26H25N3O4S/c1-4-5-20-14-19(15-21(17-27)25(30)29-26-28-10-13-34-26)16-23(31-3)24(20)33-12-11-32-22-8-6-18(2)7-9-22/h4,6-10,13-16H,1,5,11-12H2,2-3H3,(H,28,29,30). The second-order valence-electron chi connectivity index (χ2n) is 7.18. The molecule has 8 heteroatoms. The second kappa shape index (κ2) is 12.2. The molecule has 1 N–H and O–H groups in total. The number of aromatic nitrogens is 1. The molecule has 0 fully saturated rings. The highest BCUT2D eigenvalue weighted by molar-refractivity contribution is 7.13. The Labute approximate surface area is 202 Å². The minimum atomic E-state index is -0.532. The molecule has 0 unspecified atom stereocenters. The summed E-state index contributed by atoms with van der Waals surface area (Å²) in [7, 11) is 1.54. The minimum Gasteiger partial charge on any atom is -0.493 e. The maximum Gasteiger partial charge on any atom is 0.268 e. The van der Waals surface area contributed by atoms with Crippen molar-refractivity contribution >= 4 is 28.5 Å². The van der Waals surface area contributed by atoms with E-state index in [1.165, 1.54) is 24.5 Å². The Balaban J connectivity index is 1.76. The molecule has 0 saturated heterocycles. The van der Waals surface area contributed by atoms with E-state index in [0.717, 1.165) is 16.9 Å². The van der Waals surface area contributed by atoms with Crippen LogP contribution in [0, 0.1) is 18.3 Å². The Morgan fingerprint density at radius 3 is 2.65 bits per heavy atom. The first-order chi connectivity index (χ1) is 16.5. The van der Waals surface area contributed by atoms with Crippen molar-refractivity contribution in [2.45, 2.75) is 13.3 Å². The largest absolute Gasteiger partial charge is 0.493 e. The fourth-order valence-electron chi connectivity index (χ4n) is 3.09. The molecule has 0 saturated carbocycles. The van der Waals surface area contributed by atoms with Crippen LogP contribution in [-0.2, 0) is 11.2 Å². The summed E-state index contributed by atoms with van der Waals surface area (Å²) in [6, 6.07) is 13.3. The number of hydrogen-bond acceptors (Lipinski definition) is 7. The van der Waals surface area contributed by atoms with Crippen molar-refractivity contribution < 1.29 is 19.0 Å². The van der Waals surface area contributed by atoms with Gasteiger partial charge in [-0.3, -0.25) is 10.1 Å². The van der Waals surface area contributed by atoms with Gasteiger partial charge in [0, 0.05) is 17.1 Å². The molecule has 1 heterocycles. The number of hydrogen-bond donors (Lipinski definition) is 1. The van der Waals surface area contributed by atoms with Crippen LogP contribution in [0.15, 0.2) is 66.2 Å². The van der Waals surface area contributed by atoms with Crippen LogP contribution in [-0.4, -0.2) is 31.2 Å². The van der Waals surface area contributed by atoms with Crippen LogP contribution < -0.4 is 19.5 Å². The number of amides is 1. The Hall–Kier alpha value is -4.09. The van der Waals surface area contributed by atoms with Crippen LogP contribution in [0.5, 0.6) is 17.2 Å². The third-order valence-corrected chi connectivity index (χ3v) is 5.38. The van der Waals surface area contributed by atoms with Crippen LogP contribution in [0.3, 0.4) is 0 Å². The predicted molar refractivity (Wildman–Crippen MR) is 133 cm³/mol. The lowest BCUT2D eigenvalue weighted by atomic mass is 10.0. The molecule has 0 aliphatic heterocycles. The van der Waals surface area contributed by atoms with Crippen molar-refractivity contribution in [3.05, 3.63) is 82.9 Å². The smallest absolute Gasteiger partial charge is 0.268 e. The van der Waals surface area contributed by atoms with E-state index in [9.17, 15) is 10.1 Å². The number of nitrogens with zero attached hydrogens (tertiary/aromatic N) is 2. The number of carbonyl (C=O) groups excluding carboxylic acids is 1. The summed E-state index contributed by atoms with van der Waals surface area (Å²) < 4.78 is 17.3. The summed E-state index contributed by atoms with van der Waals surface area (Å²) >= 11 is 1.27. The molecule has 1 aromatic heterocycles. The van der Waals surface area contributed by atoms with Crippen LogP contribution in [0.2, 0.25) is 0 Å². The lowest BCUT2D eigenvalue weighted by Gasteiger charge is -2.16. The van der Waals surface area contributed by atoms with Gasteiger partial charge in [0.1, 0.15) is 30.6 Å². The number of rotatable bonds is 11. The van der Waals surface area contributed by atoms with E-state index < -0.39 is 5.91 Å². The SMILES string of the molecule is C=CCc1cc(C=C(C#N)C(=O)Nc2nccs2)cc(OC)c1OCCOc1ccc(C)cc1. The molecule has 1 amide bonds.